The van der Waals surface area contributed by atoms with Gasteiger partial charge in [0.05, 0.1) is 0 Å². The second-order valence-corrected chi connectivity index (χ2v) is 5.67. The van der Waals surface area contributed by atoms with Gasteiger partial charge in [-0.25, -0.2) is 0 Å². The Morgan fingerprint density at radius 1 is 1.14 bits per heavy atom. The molecule has 3 heteroatoms. The van der Waals surface area contributed by atoms with Gasteiger partial charge in [-0.1, -0.05) is 42.5 Å². The van der Waals surface area contributed by atoms with Gasteiger partial charge >= 0.3 is 5.71 Å². The molecule has 0 radical (unpaired) electrons. The zero-order valence-electron chi connectivity index (χ0n) is 11.5. The highest BCUT2D eigenvalue weighted by Gasteiger charge is 2.38. The molecule has 21 heavy (non-hydrogen) atoms. The predicted molar refractivity (Wildman–Crippen MR) is 83.3 cm³/mol. The molecule has 0 fully saturated rings. The molecule has 1 aromatic rings. The number of hydrogen-bond acceptors (Lipinski definition) is 1. The Hall–Kier alpha value is -2.64. The van der Waals surface area contributed by atoms with Crippen molar-refractivity contribution in [1.82, 2.24) is 0 Å². The summed E-state index contributed by atoms with van der Waals surface area (Å²) in [4.78, 5) is 3.41. The molecule has 3 aliphatic rings. The average molecular weight is 273 g/mol. The normalized spacial score (nSPS) is 25.7. The summed E-state index contributed by atoms with van der Waals surface area (Å²) >= 11 is 0. The number of allylic oxidation sites excluding steroid dienone is 6. The minimum atomic E-state index is 0.182. The molecule has 0 bridgehead atoms. The number of nitrogens with two attached hydrogens (primary N) is 1. The van der Waals surface area contributed by atoms with Gasteiger partial charge in [0.2, 0.25) is 0 Å². The topological polar surface area (TPSA) is 62.4 Å². The Morgan fingerprint density at radius 2 is 1.95 bits per heavy atom. The Bertz CT molecular complexity index is 893. The Morgan fingerprint density at radius 3 is 2.76 bits per heavy atom. The van der Waals surface area contributed by atoms with E-state index in [1.807, 2.05) is 18.2 Å². The van der Waals surface area contributed by atoms with E-state index < -0.39 is 0 Å². The minimum absolute atomic E-state index is 0.182. The average Bonchev–Trinajstić information content (AvgIpc) is 2.80. The van der Waals surface area contributed by atoms with Gasteiger partial charge < -0.3 is 11.3 Å². The van der Waals surface area contributed by atoms with Crippen LogP contribution >= 0.6 is 0 Å². The summed E-state index contributed by atoms with van der Waals surface area (Å²) in [6.45, 7) is 0. The third-order valence-corrected chi connectivity index (χ3v) is 4.52. The number of rotatable bonds is 0. The molecule has 0 aliphatic heterocycles. The van der Waals surface area contributed by atoms with Crippen LogP contribution in [0.2, 0.25) is 0 Å². The molecule has 0 aromatic heterocycles. The Balaban J connectivity index is 1.98. The fourth-order valence-electron chi connectivity index (χ4n) is 3.59. The van der Waals surface area contributed by atoms with Gasteiger partial charge in [-0.05, 0) is 28.5 Å². The summed E-state index contributed by atoms with van der Waals surface area (Å²) in [6.07, 6.45) is 11.3. The van der Waals surface area contributed by atoms with Gasteiger partial charge in [-0.15, -0.1) is 0 Å². The molecular weight excluding hydrogens is 258 g/mol. The highest BCUT2D eigenvalue weighted by atomic mass is 14.9. The maximum atomic E-state index is 9.18. The SMILES string of the molecule is [N-]=[N+]=C1C=CCC2C1=CC1C=c3ccccc3=CC(N)=C12. The van der Waals surface area contributed by atoms with Crippen molar-refractivity contribution in [1.29, 1.82) is 0 Å². The van der Waals surface area contributed by atoms with Crippen LogP contribution in [-0.4, -0.2) is 10.5 Å². The van der Waals surface area contributed by atoms with E-state index in [4.69, 9.17) is 5.73 Å². The van der Waals surface area contributed by atoms with E-state index in [1.54, 1.807) is 0 Å². The van der Waals surface area contributed by atoms with Gasteiger partial charge in [0.15, 0.2) is 0 Å². The van der Waals surface area contributed by atoms with E-state index in [0.29, 0.717) is 5.71 Å². The smallest absolute Gasteiger partial charge is 0.318 e. The van der Waals surface area contributed by atoms with E-state index >= 15 is 0 Å². The number of fused-ring (bicyclic) bond motifs is 4. The van der Waals surface area contributed by atoms with Crippen molar-refractivity contribution in [3.63, 3.8) is 0 Å². The standard InChI is InChI=1S/C18H15N3/c19-16-10-12-5-2-1-4-11(12)8-13-9-15-14(18(13)16)6-3-7-17(15)21-20/h1-5,7-10,13-14H,6,19H2. The number of nitrogens with zero attached hydrogens (tertiary/aromatic N) is 2. The molecule has 0 saturated carbocycles. The van der Waals surface area contributed by atoms with Crippen LogP contribution in [0.3, 0.4) is 0 Å². The van der Waals surface area contributed by atoms with Gasteiger partial charge in [0, 0.05) is 29.2 Å². The second kappa shape index (κ2) is 4.44. The van der Waals surface area contributed by atoms with Crippen LogP contribution in [0.15, 0.2) is 59.3 Å². The van der Waals surface area contributed by atoms with Crippen molar-refractivity contribution >= 4 is 17.9 Å². The highest BCUT2D eigenvalue weighted by molar-refractivity contribution is 6.07. The molecule has 4 rings (SSSR count). The van der Waals surface area contributed by atoms with E-state index in [1.165, 1.54) is 10.8 Å². The highest BCUT2D eigenvalue weighted by Crippen LogP contribution is 2.43. The van der Waals surface area contributed by atoms with E-state index in [-0.39, 0.29) is 11.8 Å². The largest absolute Gasteiger partial charge is 0.399 e. The molecule has 0 spiro atoms. The minimum Gasteiger partial charge on any atom is -0.399 e. The molecule has 3 aliphatic carbocycles. The summed E-state index contributed by atoms with van der Waals surface area (Å²) in [5.74, 6) is 0.411. The fraction of sp³-hybridized carbons (Fsp3) is 0.167. The fourth-order valence-corrected chi connectivity index (χ4v) is 3.59. The first-order chi connectivity index (χ1) is 10.3. The maximum absolute atomic E-state index is 9.18. The molecule has 2 atom stereocenters. The lowest BCUT2D eigenvalue weighted by Gasteiger charge is -2.18. The second-order valence-electron chi connectivity index (χ2n) is 5.67. The summed E-state index contributed by atoms with van der Waals surface area (Å²) in [5, 5.41) is 2.36. The van der Waals surface area contributed by atoms with Crippen LogP contribution in [0, 0.1) is 11.8 Å². The molecule has 2 unspecified atom stereocenters. The van der Waals surface area contributed by atoms with Crippen LogP contribution in [0.25, 0.3) is 17.7 Å². The van der Waals surface area contributed by atoms with Crippen LogP contribution in [0.4, 0.5) is 0 Å². The van der Waals surface area contributed by atoms with E-state index in [0.717, 1.165) is 22.9 Å². The third-order valence-electron chi connectivity index (χ3n) is 4.52. The lowest BCUT2D eigenvalue weighted by atomic mass is 9.84. The molecule has 0 saturated heterocycles. The molecular formula is C18H15N3. The lowest BCUT2D eigenvalue weighted by Crippen LogP contribution is -2.24. The van der Waals surface area contributed by atoms with Crippen molar-refractivity contribution < 1.29 is 4.79 Å². The van der Waals surface area contributed by atoms with Crippen LogP contribution < -0.4 is 16.2 Å². The first-order valence-electron chi connectivity index (χ1n) is 7.17. The van der Waals surface area contributed by atoms with Gasteiger partial charge in [-0.2, -0.15) is 4.79 Å². The summed E-state index contributed by atoms with van der Waals surface area (Å²) in [7, 11) is 0. The zero-order valence-corrected chi connectivity index (χ0v) is 11.5. The lowest BCUT2D eigenvalue weighted by molar-refractivity contribution is -0.00330. The molecule has 1 aromatic carbocycles. The molecule has 3 nitrogen and oxygen atoms in total. The summed E-state index contributed by atoms with van der Waals surface area (Å²) in [6, 6.07) is 8.28. The van der Waals surface area contributed by atoms with Crippen molar-refractivity contribution in [3.8, 4) is 0 Å². The van der Waals surface area contributed by atoms with Gasteiger partial charge in [0.1, 0.15) is 0 Å². The summed E-state index contributed by atoms with van der Waals surface area (Å²) in [5.41, 5.74) is 19.4. The number of benzene rings is 1. The first-order valence-corrected chi connectivity index (χ1v) is 7.17. The Labute approximate surface area is 122 Å². The van der Waals surface area contributed by atoms with E-state index in [9.17, 15) is 5.53 Å². The molecule has 102 valence electrons. The predicted octanol–water partition coefficient (Wildman–Crippen LogP) is 1.28. The zero-order chi connectivity index (χ0) is 14.4. The van der Waals surface area contributed by atoms with E-state index in [2.05, 4.69) is 41.2 Å². The van der Waals surface area contributed by atoms with Crippen molar-refractivity contribution in [2.45, 2.75) is 6.42 Å². The van der Waals surface area contributed by atoms with Crippen molar-refractivity contribution in [2.75, 3.05) is 0 Å². The monoisotopic (exact) mass is 273 g/mol. The maximum Gasteiger partial charge on any atom is 0.318 e. The summed E-state index contributed by atoms with van der Waals surface area (Å²) < 4.78 is 0. The first kappa shape index (κ1) is 12.1. The van der Waals surface area contributed by atoms with Gasteiger partial charge in [0.25, 0.3) is 0 Å². The van der Waals surface area contributed by atoms with Crippen LogP contribution in [0.5, 0.6) is 0 Å². The van der Waals surface area contributed by atoms with Crippen molar-refractivity contribution in [2.24, 2.45) is 17.6 Å². The quantitative estimate of drug-likeness (QED) is 0.561. The van der Waals surface area contributed by atoms with Crippen LogP contribution in [0.1, 0.15) is 6.42 Å². The molecule has 2 N–H and O–H groups in total. The Kier molecular flexibility index (Phi) is 2.56. The number of hydrogen-bond donors (Lipinski definition) is 1. The molecule has 0 amide bonds. The van der Waals surface area contributed by atoms with Crippen LogP contribution in [-0.2, 0) is 0 Å². The third kappa shape index (κ3) is 1.75. The molecule has 0 heterocycles. The van der Waals surface area contributed by atoms with Gasteiger partial charge in [-0.3, -0.25) is 0 Å². The van der Waals surface area contributed by atoms with Crippen molar-refractivity contribution in [3.05, 3.63) is 75.3 Å².